The number of nitrogens with one attached hydrogen (secondary N) is 1. The SMILES string of the molecule is O=C(O)CSc1nnc(NC2COc3ccccc32)s1. The molecule has 0 bridgehead atoms. The topological polar surface area (TPSA) is 84.3 Å². The van der Waals surface area contributed by atoms with Gasteiger partial charge in [0.05, 0.1) is 11.8 Å². The molecule has 1 aliphatic rings. The molecular formula is C12H11N3O3S2. The Kier molecular flexibility index (Phi) is 3.75. The Morgan fingerprint density at radius 3 is 3.20 bits per heavy atom. The molecular weight excluding hydrogens is 298 g/mol. The summed E-state index contributed by atoms with van der Waals surface area (Å²) in [5, 5.41) is 20.5. The first-order valence-corrected chi connectivity index (χ1v) is 7.69. The number of carboxylic acid groups (broad SMARTS) is 1. The number of anilines is 1. The first-order chi connectivity index (χ1) is 9.72. The van der Waals surface area contributed by atoms with Crippen LogP contribution in [0.5, 0.6) is 5.75 Å². The van der Waals surface area contributed by atoms with E-state index >= 15 is 0 Å². The van der Waals surface area contributed by atoms with E-state index in [0.29, 0.717) is 16.1 Å². The van der Waals surface area contributed by atoms with Gasteiger partial charge in [0.25, 0.3) is 0 Å². The molecule has 8 heteroatoms. The van der Waals surface area contributed by atoms with Crippen molar-refractivity contribution in [2.24, 2.45) is 0 Å². The number of benzene rings is 1. The molecule has 0 amide bonds. The molecule has 0 saturated heterocycles. The molecule has 6 nitrogen and oxygen atoms in total. The van der Waals surface area contributed by atoms with E-state index in [0.717, 1.165) is 11.3 Å². The summed E-state index contributed by atoms with van der Waals surface area (Å²) in [6.07, 6.45) is 0. The number of aliphatic carboxylic acids is 1. The lowest BCUT2D eigenvalue weighted by Gasteiger charge is -2.08. The number of hydrogen-bond acceptors (Lipinski definition) is 7. The predicted octanol–water partition coefficient (Wildman–Crippen LogP) is 2.26. The molecule has 0 saturated carbocycles. The highest BCUT2D eigenvalue weighted by Gasteiger charge is 2.24. The Hall–Kier alpha value is -1.80. The molecule has 2 aromatic rings. The lowest BCUT2D eigenvalue weighted by atomic mass is 10.1. The van der Waals surface area contributed by atoms with Gasteiger partial charge < -0.3 is 15.2 Å². The highest BCUT2D eigenvalue weighted by atomic mass is 32.2. The molecule has 1 atom stereocenters. The highest BCUT2D eigenvalue weighted by Crippen LogP contribution is 2.35. The normalized spacial score (nSPS) is 16.5. The van der Waals surface area contributed by atoms with Crippen LogP contribution in [-0.4, -0.2) is 33.6 Å². The van der Waals surface area contributed by atoms with Gasteiger partial charge >= 0.3 is 5.97 Å². The van der Waals surface area contributed by atoms with Crippen LogP contribution < -0.4 is 10.1 Å². The van der Waals surface area contributed by atoms with Crippen LogP contribution >= 0.6 is 23.1 Å². The van der Waals surface area contributed by atoms with E-state index in [4.69, 9.17) is 9.84 Å². The molecule has 0 spiro atoms. The number of aromatic nitrogens is 2. The fourth-order valence-corrected chi connectivity index (χ4v) is 3.41. The second-order valence-electron chi connectivity index (χ2n) is 4.10. The molecule has 3 rings (SSSR count). The van der Waals surface area contributed by atoms with Gasteiger partial charge in [0.15, 0.2) is 4.34 Å². The maximum atomic E-state index is 10.5. The summed E-state index contributed by atoms with van der Waals surface area (Å²) in [7, 11) is 0. The molecule has 20 heavy (non-hydrogen) atoms. The quantitative estimate of drug-likeness (QED) is 0.819. The molecule has 104 valence electrons. The Labute approximate surface area is 123 Å². The van der Waals surface area contributed by atoms with Crippen molar-refractivity contribution < 1.29 is 14.6 Å². The third kappa shape index (κ3) is 2.86. The van der Waals surface area contributed by atoms with Gasteiger partial charge in [-0.05, 0) is 6.07 Å². The Morgan fingerprint density at radius 2 is 2.35 bits per heavy atom. The average molecular weight is 309 g/mol. The number of hydrogen-bond donors (Lipinski definition) is 2. The van der Waals surface area contributed by atoms with Gasteiger partial charge in [-0.1, -0.05) is 41.3 Å². The third-order valence-electron chi connectivity index (χ3n) is 2.72. The molecule has 1 unspecified atom stereocenters. The van der Waals surface area contributed by atoms with E-state index in [1.165, 1.54) is 23.1 Å². The number of carboxylic acids is 1. The van der Waals surface area contributed by atoms with Crippen molar-refractivity contribution in [3.63, 3.8) is 0 Å². The summed E-state index contributed by atoms with van der Waals surface area (Å²) in [5.74, 6) is 0.0112. The molecule has 0 radical (unpaired) electrons. The van der Waals surface area contributed by atoms with Crippen molar-refractivity contribution in [1.82, 2.24) is 10.2 Å². The van der Waals surface area contributed by atoms with Crippen LogP contribution in [0.25, 0.3) is 0 Å². The average Bonchev–Trinajstić information content (AvgIpc) is 3.05. The molecule has 0 fully saturated rings. The van der Waals surface area contributed by atoms with Gasteiger partial charge in [-0.3, -0.25) is 4.79 Å². The van der Waals surface area contributed by atoms with Crippen LogP contribution in [0.3, 0.4) is 0 Å². The van der Waals surface area contributed by atoms with E-state index in [1.54, 1.807) is 0 Å². The number of nitrogens with zero attached hydrogens (tertiary/aromatic N) is 2. The fraction of sp³-hybridized carbons (Fsp3) is 0.250. The first-order valence-electron chi connectivity index (χ1n) is 5.89. The first kappa shape index (κ1) is 13.2. The van der Waals surface area contributed by atoms with E-state index in [2.05, 4.69) is 15.5 Å². The highest BCUT2D eigenvalue weighted by molar-refractivity contribution is 8.01. The summed E-state index contributed by atoms with van der Waals surface area (Å²) in [5.41, 5.74) is 1.10. The minimum absolute atomic E-state index is 0.00991. The fourth-order valence-electron chi connectivity index (χ4n) is 1.88. The summed E-state index contributed by atoms with van der Waals surface area (Å²) >= 11 is 2.51. The van der Waals surface area contributed by atoms with Crippen LogP contribution in [0.15, 0.2) is 28.6 Å². The van der Waals surface area contributed by atoms with Crippen molar-refractivity contribution in [3.05, 3.63) is 29.8 Å². The van der Waals surface area contributed by atoms with Crippen molar-refractivity contribution in [2.75, 3.05) is 17.7 Å². The summed E-state index contributed by atoms with van der Waals surface area (Å²) in [4.78, 5) is 10.5. The van der Waals surface area contributed by atoms with Crippen molar-refractivity contribution in [2.45, 2.75) is 10.4 Å². The summed E-state index contributed by atoms with van der Waals surface area (Å²) in [6.45, 7) is 0.552. The second-order valence-corrected chi connectivity index (χ2v) is 6.30. The minimum atomic E-state index is -0.863. The van der Waals surface area contributed by atoms with Crippen molar-refractivity contribution >= 4 is 34.2 Å². The lowest BCUT2D eigenvalue weighted by Crippen LogP contribution is -2.11. The van der Waals surface area contributed by atoms with Gasteiger partial charge in [0.2, 0.25) is 5.13 Å². The number of carbonyl (C=O) groups is 1. The minimum Gasteiger partial charge on any atom is -0.491 e. The molecule has 1 aliphatic heterocycles. The van der Waals surface area contributed by atoms with Crippen molar-refractivity contribution in [1.29, 1.82) is 0 Å². The van der Waals surface area contributed by atoms with Gasteiger partial charge in [0, 0.05) is 5.56 Å². The van der Waals surface area contributed by atoms with E-state index in [1.807, 2.05) is 24.3 Å². The molecule has 2 heterocycles. The van der Waals surface area contributed by atoms with Crippen LogP contribution in [0.4, 0.5) is 5.13 Å². The van der Waals surface area contributed by atoms with E-state index < -0.39 is 5.97 Å². The monoisotopic (exact) mass is 309 g/mol. The standard InChI is InChI=1S/C12H11N3O3S2/c16-10(17)6-19-12-15-14-11(20-12)13-8-5-18-9-4-2-1-3-7(8)9/h1-4,8H,5-6H2,(H,13,14)(H,16,17). The third-order valence-corrected chi connectivity index (χ3v) is 4.70. The number of thioether (sulfide) groups is 1. The number of fused-ring (bicyclic) bond motifs is 1. The predicted molar refractivity (Wildman–Crippen MR) is 76.6 cm³/mol. The zero-order chi connectivity index (χ0) is 13.9. The smallest absolute Gasteiger partial charge is 0.313 e. The molecule has 1 aromatic heterocycles. The molecule has 2 N–H and O–H groups in total. The van der Waals surface area contributed by atoms with Crippen molar-refractivity contribution in [3.8, 4) is 5.75 Å². The van der Waals surface area contributed by atoms with Gasteiger partial charge in [0.1, 0.15) is 12.4 Å². The maximum absolute atomic E-state index is 10.5. The number of para-hydroxylation sites is 1. The van der Waals surface area contributed by atoms with Crippen LogP contribution in [0.1, 0.15) is 11.6 Å². The molecule has 1 aromatic carbocycles. The zero-order valence-corrected chi connectivity index (χ0v) is 11.9. The maximum Gasteiger partial charge on any atom is 0.313 e. The zero-order valence-electron chi connectivity index (χ0n) is 10.3. The lowest BCUT2D eigenvalue weighted by molar-refractivity contribution is -0.133. The number of rotatable bonds is 5. The van der Waals surface area contributed by atoms with E-state index in [9.17, 15) is 4.79 Å². The van der Waals surface area contributed by atoms with Gasteiger partial charge in [-0.2, -0.15) is 0 Å². The van der Waals surface area contributed by atoms with Crippen LogP contribution in [0.2, 0.25) is 0 Å². The number of ether oxygens (including phenoxy) is 1. The largest absolute Gasteiger partial charge is 0.491 e. The Bertz CT molecular complexity index is 632. The van der Waals surface area contributed by atoms with Gasteiger partial charge in [-0.25, -0.2) is 0 Å². The van der Waals surface area contributed by atoms with E-state index in [-0.39, 0.29) is 11.8 Å². The summed E-state index contributed by atoms with van der Waals surface area (Å²) in [6, 6.07) is 7.91. The Balaban J connectivity index is 1.66. The van der Waals surface area contributed by atoms with Gasteiger partial charge in [-0.15, -0.1) is 10.2 Å². The summed E-state index contributed by atoms with van der Waals surface area (Å²) < 4.78 is 6.22. The van der Waals surface area contributed by atoms with Crippen LogP contribution in [-0.2, 0) is 4.79 Å². The Morgan fingerprint density at radius 1 is 1.50 bits per heavy atom. The molecule has 0 aliphatic carbocycles. The van der Waals surface area contributed by atoms with Crippen LogP contribution in [0, 0.1) is 0 Å². The second kappa shape index (κ2) is 5.68.